The predicted octanol–water partition coefficient (Wildman–Crippen LogP) is 5.11. The number of pyridine rings is 1. The van der Waals surface area contributed by atoms with Gasteiger partial charge in [0, 0.05) is 11.9 Å². The zero-order chi connectivity index (χ0) is 18.5. The highest BCUT2D eigenvalue weighted by Gasteiger charge is 2.12. The number of halogens is 2. The molecule has 3 rings (SSSR count). The van der Waals surface area contributed by atoms with Crippen LogP contribution < -0.4 is 5.32 Å². The van der Waals surface area contributed by atoms with Gasteiger partial charge in [0.15, 0.2) is 10.8 Å². The highest BCUT2D eigenvalue weighted by Crippen LogP contribution is 2.25. The number of carbonyl (C=O) groups excluding carboxylic acids is 1. The summed E-state index contributed by atoms with van der Waals surface area (Å²) in [5.74, 6) is 0.101. The van der Waals surface area contributed by atoms with E-state index in [0.29, 0.717) is 20.8 Å². The number of anilines is 1. The average molecular weight is 409 g/mol. The molecule has 8 heteroatoms. The number of unbranched alkanes of at least 4 members (excludes halogenated alkanes) is 1. The predicted molar refractivity (Wildman–Crippen MR) is 107 cm³/mol. The molecule has 0 saturated heterocycles. The van der Waals surface area contributed by atoms with Crippen LogP contribution in [0.2, 0.25) is 10.0 Å². The highest BCUT2D eigenvalue weighted by molar-refractivity contribution is 7.99. The number of hydrogen-bond donors (Lipinski definition) is 1. The second-order valence-electron chi connectivity index (χ2n) is 5.82. The van der Waals surface area contributed by atoms with Crippen LogP contribution in [-0.4, -0.2) is 26.3 Å². The van der Waals surface area contributed by atoms with Crippen LogP contribution in [0.3, 0.4) is 0 Å². The van der Waals surface area contributed by atoms with Gasteiger partial charge in [0.2, 0.25) is 5.91 Å². The highest BCUT2D eigenvalue weighted by atomic mass is 35.5. The molecule has 136 valence electrons. The molecule has 0 spiro atoms. The van der Waals surface area contributed by atoms with Crippen molar-refractivity contribution < 1.29 is 4.79 Å². The maximum absolute atomic E-state index is 12.2. The van der Waals surface area contributed by atoms with E-state index in [1.807, 2.05) is 12.1 Å². The summed E-state index contributed by atoms with van der Waals surface area (Å²) >= 11 is 13.4. The van der Waals surface area contributed by atoms with Crippen LogP contribution in [0.4, 0.5) is 5.69 Å². The first-order valence-corrected chi connectivity index (χ1v) is 10.0. The Morgan fingerprint density at radius 1 is 1.23 bits per heavy atom. The zero-order valence-corrected chi connectivity index (χ0v) is 16.5. The Labute approximate surface area is 166 Å². The minimum Gasteiger partial charge on any atom is -0.325 e. The first-order chi connectivity index (χ1) is 12.6. The van der Waals surface area contributed by atoms with Crippen molar-refractivity contribution in [1.29, 1.82) is 0 Å². The molecule has 0 aliphatic rings. The molecule has 0 aliphatic carbocycles. The average Bonchev–Trinajstić information content (AvgIpc) is 3.02. The van der Waals surface area contributed by atoms with Crippen molar-refractivity contribution in [3.8, 4) is 0 Å². The summed E-state index contributed by atoms with van der Waals surface area (Å²) in [7, 11) is 0. The topological polar surface area (TPSA) is 59.3 Å². The standard InChI is InChI=1S/C18H18Cl2N4OS/c1-2-3-4-12-5-7-14(8-6-12)21-16(25)11-26-18-23-22-17-15(20)9-13(19)10-24(17)18/h5-10H,2-4,11H2,1H3,(H,21,25). The van der Waals surface area contributed by atoms with Gasteiger partial charge in [0.1, 0.15) is 0 Å². The summed E-state index contributed by atoms with van der Waals surface area (Å²) in [6.07, 6.45) is 5.08. The fourth-order valence-electron chi connectivity index (χ4n) is 2.46. The molecule has 3 aromatic rings. The van der Waals surface area contributed by atoms with Crippen molar-refractivity contribution in [1.82, 2.24) is 14.6 Å². The zero-order valence-electron chi connectivity index (χ0n) is 14.2. The summed E-state index contributed by atoms with van der Waals surface area (Å²) in [5, 5.41) is 12.5. The summed E-state index contributed by atoms with van der Waals surface area (Å²) in [6.45, 7) is 2.17. The number of fused-ring (bicyclic) bond motifs is 1. The van der Waals surface area contributed by atoms with E-state index >= 15 is 0 Å². The molecule has 26 heavy (non-hydrogen) atoms. The lowest BCUT2D eigenvalue weighted by atomic mass is 10.1. The number of rotatable bonds is 7. The molecule has 0 saturated carbocycles. The Bertz CT molecular complexity index is 911. The van der Waals surface area contributed by atoms with Crippen LogP contribution in [-0.2, 0) is 11.2 Å². The monoisotopic (exact) mass is 408 g/mol. The molecule has 1 amide bonds. The third kappa shape index (κ3) is 4.69. The number of nitrogens with one attached hydrogen (secondary N) is 1. The van der Waals surface area contributed by atoms with Gasteiger partial charge in [-0.3, -0.25) is 9.20 Å². The lowest BCUT2D eigenvalue weighted by Gasteiger charge is -2.06. The van der Waals surface area contributed by atoms with Crippen LogP contribution in [0.15, 0.2) is 41.7 Å². The number of nitrogens with zero attached hydrogens (tertiary/aromatic N) is 3. The van der Waals surface area contributed by atoms with Crippen LogP contribution in [0.25, 0.3) is 5.65 Å². The van der Waals surface area contributed by atoms with Crippen molar-refractivity contribution in [2.75, 3.05) is 11.1 Å². The van der Waals surface area contributed by atoms with Gasteiger partial charge in [-0.2, -0.15) is 0 Å². The third-order valence-corrected chi connectivity index (χ3v) is 5.21. The molecular weight excluding hydrogens is 391 g/mol. The molecule has 5 nitrogen and oxygen atoms in total. The number of aromatic nitrogens is 3. The third-order valence-electron chi connectivity index (χ3n) is 3.78. The van der Waals surface area contributed by atoms with Gasteiger partial charge >= 0.3 is 0 Å². The number of amides is 1. The molecule has 2 aromatic heterocycles. The Morgan fingerprint density at radius 3 is 2.73 bits per heavy atom. The molecule has 0 fully saturated rings. The van der Waals surface area contributed by atoms with Gasteiger partial charge in [-0.05, 0) is 36.6 Å². The van der Waals surface area contributed by atoms with E-state index in [9.17, 15) is 4.79 Å². The van der Waals surface area contributed by atoms with E-state index in [0.717, 1.165) is 12.1 Å². The molecule has 0 radical (unpaired) electrons. The van der Waals surface area contributed by atoms with Crippen LogP contribution >= 0.6 is 35.0 Å². The van der Waals surface area contributed by atoms with E-state index in [4.69, 9.17) is 23.2 Å². The number of carbonyl (C=O) groups is 1. The Hall–Kier alpha value is -1.76. The molecule has 0 aliphatic heterocycles. The first-order valence-electron chi connectivity index (χ1n) is 8.28. The summed E-state index contributed by atoms with van der Waals surface area (Å²) in [5.41, 5.74) is 2.58. The fraction of sp³-hybridized carbons (Fsp3) is 0.278. The molecule has 2 heterocycles. The normalized spacial score (nSPS) is 11.0. The smallest absolute Gasteiger partial charge is 0.234 e. The van der Waals surface area contributed by atoms with Crippen molar-refractivity contribution >= 4 is 52.2 Å². The number of benzene rings is 1. The number of thioether (sulfide) groups is 1. The van der Waals surface area contributed by atoms with E-state index in [1.54, 1.807) is 16.7 Å². The first kappa shape index (κ1) is 19.0. The molecule has 1 N–H and O–H groups in total. The number of hydrogen-bond acceptors (Lipinski definition) is 4. The molecular formula is C18H18Cl2N4OS. The van der Waals surface area contributed by atoms with E-state index in [1.165, 1.54) is 30.2 Å². The van der Waals surface area contributed by atoms with Gasteiger partial charge in [0.05, 0.1) is 15.8 Å². The van der Waals surface area contributed by atoms with Gasteiger partial charge in [0.25, 0.3) is 0 Å². The largest absolute Gasteiger partial charge is 0.325 e. The van der Waals surface area contributed by atoms with E-state index < -0.39 is 0 Å². The maximum Gasteiger partial charge on any atom is 0.234 e. The fourth-order valence-corrected chi connectivity index (χ4v) is 3.68. The Balaban J connectivity index is 1.59. The molecule has 0 bridgehead atoms. The SMILES string of the molecule is CCCCc1ccc(NC(=O)CSc2nnc3c(Cl)cc(Cl)cn23)cc1. The molecule has 1 aromatic carbocycles. The maximum atomic E-state index is 12.2. The second-order valence-corrected chi connectivity index (χ2v) is 7.61. The molecule has 0 unspecified atom stereocenters. The van der Waals surface area contributed by atoms with E-state index in [-0.39, 0.29) is 11.7 Å². The Morgan fingerprint density at radius 2 is 2.00 bits per heavy atom. The van der Waals surface area contributed by atoms with E-state index in [2.05, 4.69) is 34.6 Å². The minimum absolute atomic E-state index is 0.110. The van der Waals surface area contributed by atoms with Crippen molar-refractivity contribution in [2.45, 2.75) is 31.3 Å². The van der Waals surface area contributed by atoms with Crippen LogP contribution in [0.5, 0.6) is 0 Å². The van der Waals surface area contributed by atoms with Crippen molar-refractivity contribution in [3.63, 3.8) is 0 Å². The summed E-state index contributed by atoms with van der Waals surface area (Å²) in [6, 6.07) is 9.57. The number of aryl methyl sites for hydroxylation is 1. The van der Waals surface area contributed by atoms with Gasteiger partial charge < -0.3 is 5.32 Å². The van der Waals surface area contributed by atoms with Crippen molar-refractivity contribution in [3.05, 3.63) is 52.1 Å². The Kier molecular flexibility index (Phi) is 6.40. The minimum atomic E-state index is -0.110. The van der Waals surface area contributed by atoms with Gasteiger partial charge in [-0.15, -0.1) is 10.2 Å². The van der Waals surface area contributed by atoms with Crippen LogP contribution in [0.1, 0.15) is 25.3 Å². The summed E-state index contributed by atoms with van der Waals surface area (Å²) < 4.78 is 1.69. The van der Waals surface area contributed by atoms with Gasteiger partial charge in [-0.1, -0.05) is 60.4 Å². The second kappa shape index (κ2) is 8.75. The lowest BCUT2D eigenvalue weighted by molar-refractivity contribution is -0.113. The quantitative estimate of drug-likeness (QED) is 0.551. The lowest BCUT2D eigenvalue weighted by Crippen LogP contribution is -2.14. The van der Waals surface area contributed by atoms with Crippen LogP contribution in [0, 0.1) is 0 Å². The van der Waals surface area contributed by atoms with Crippen molar-refractivity contribution in [2.24, 2.45) is 0 Å². The summed E-state index contributed by atoms with van der Waals surface area (Å²) in [4.78, 5) is 12.2. The molecule has 0 atom stereocenters. The van der Waals surface area contributed by atoms with Gasteiger partial charge in [-0.25, -0.2) is 0 Å².